The molecule has 1 aromatic carbocycles. The van der Waals surface area contributed by atoms with E-state index in [2.05, 4.69) is 10.1 Å². The lowest BCUT2D eigenvalue weighted by Gasteiger charge is -2.33. The van der Waals surface area contributed by atoms with Gasteiger partial charge in [-0.05, 0) is 24.3 Å². The van der Waals surface area contributed by atoms with Gasteiger partial charge in [0.05, 0.1) is 18.6 Å². The first-order chi connectivity index (χ1) is 12.9. The molecule has 3 rings (SSSR count). The molecule has 1 aliphatic heterocycles. The molecule has 1 fully saturated rings. The van der Waals surface area contributed by atoms with Crippen LogP contribution in [-0.4, -0.2) is 56.8 Å². The zero-order chi connectivity index (χ0) is 19.5. The minimum atomic E-state index is -3.70. The van der Waals surface area contributed by atoms with Gasteiger partial charge in [0.2, 0.25) is 10.0 Å². The SMILES string of the molecule is COCCc1noc(C2(F)CCN(S(=O)(=O)c3ccc(OC)cc3)CC2)n1. The topological polar surface area (TPSA) is 94.8 Å². The molecular weight excluding hydrogens is 377 g/mol. The first kappa shape index (κ1) is 19.7. The Hall–Kier alpha value is -2.04. The molecule has 2 heterocycles. The maximum Gasteiger partial charge on any atom is 0.264 e. The average Bonchev–Trinajstić information content (AvgIpc) is 3.16. The Morgan fingerprint density at radius 2 is 1.89 bits per heavy atom. The monoisotopic (exact) mass is 399 g/mol. The highest BCUT2D eigenvalue weighted by Gasteiger charge is 2.44. The van der Waals surface area contributed by atoms with E-state index in [9.17, 15) is 8.42 Å². The van der Waals surface area contributed by atoms with E-state index in [1.54, 1.807) is 19.2 Å². The molecule has 2 aromatic rings. The molecule has 0 spiro atoms. The van der Waals surface area contributed by atoms with E-state index in [-0.39, 0.29) is 36.7 Å². The van der Waals surface area contributed by atoms with Crippen molar-refractivity contribution in [3.8, 4) is 5.75 Å². The van der Waals surface area contributed by atoms with Crippen LogP contribution in [-0.2, 0) is 26.8 Å². The highest BCUT2D eigenvalue weighted by atomic mass is 32.2. The number of hydrogen-bond acceptors (Lipinski definition) is 7. The molecule has 1 aliphatic rings. The van der Waals surface area contributed by atoms with Crippen LogP contribution in [0.2, 0.25) is 0 Å². The predicted octanol–water partition coefficient (Wildman–Crippen LogP) is 1.92. The van der Waals surface area contributed by atoms with Crippen LogP contribution in [0.25, 0.3) is 0 Å². The molecule has 8 nitrogen and oxygen atoms in total. The number of nitrogens with zero attached hydrogens (tertiary/aromatic N) is 3. The number of methoxy groups -OCH3 is 2. The summed E-state index contributed by atoms with van der Waals surface area (Å²) in [6, 6.07) is 6.11. The number of benzene rings is 1. The summed E-state index contributed by atoms with van der Waals surface area (Å²) in [7, 11) is -0.639. The summed E-state index contributed by atoms with van der Waals surface area (Å²) in [4.78, 5) is 4.24. The third-order valence-electron chi connectivity index (χ3n) is 4.59. The summed E-state index contributed by atoms with van der Waals surface area (Å²) in [5.74, 6) is 0.836. The van der Waals surface area contributed by atoms with E-state index in [1.807, 2.05) is 0 Å². The van der Waals surface area contributed by atoms with E-state index in [4.69, 9.17) is 14.0 Å². The molecule has 0 amide bonds. The highest BCUT2D eigenvalue weighted by Crippen LogP contribution is 2.37. The summed E-state index contributed by atoms with van der Waals surface area (Å²) >= 11 is 0. The minimum absolute atomic E-state index is 0.0284. The van der Waals surface area contributed by atoms with Crippen LogP contribution in [0.3, 0.4) is 0 Å². The molecule has 148 valence electrons. The van der Waals surface area contributed by atoms with E-state index >= 15 is 4.39 Å². The number of aromatic nitrogens is 2. The predicted molar refractivity (Wildman–Crippen MR) is 93.7 cm³/mol. The first-order valence-corrected chi connectivity index (χ1v) is 9.98. The molecule has 10 heteroatoms. The molecule has 0 bridgehead atoms. The standard InChI is InChI=1S/C17H22FN3O5S/c1-24-12-7-15-19-16(26-20-15)17(18)8-10-21(11-9-17)27(22,23)14-5-3-13(25-2)4-6-14/h3-6H,7-12H2,1-2H3. The third-order valence-corrected chi connectivity index (χ3v) is 6.51. The van der Waals surface area contributed by atoms with Gasteiger partial charge >= 0.3 is 0 Å². The molecular formula is C17H22FN3O5S. The van der Waals surface area contributed by atoms with Crippen molar-refractivity contribution < 1.29 is 26.8 Å². The second kappa shape index (κ2) is 7.91. The number of alkyl halides is 1. The van der Waals surface area contributed by atoms with Crippen LogP contribution in [0, 0.1) is 0 Å². The highest BCUT2D eigenvalue weighted by molar-refractivity contribution is 7.89. The molecule has 0 radical (unpaired) electrons. The molecule has 1 aromatic heterocycles. The lowest BCUT2D eigenvalue weighted by Crippen LogP contribution is -2.43. The number of piperidine rings is 1. The Balaban J connectivity index is 1.69. The minimum Gasteiger partial charge on any atom is -0.497 e. The van der Waals surface area contributed by atoms with Crippen molar-refractivity contribution in [1.82, 2.24) is 14.4 Å². The second-order valence-corrected chi connectivity index (χ2v) is 8.24. The van der Waals surface area contributed by atoms with Gasteiger partial charge < -0.3 is 14.0 Å². The number of sulfonamides is 1. The summed E-state index contributed by atoms with van der Waals surface area (Å²) < 4.78 is 57.1. The molecule has 0 atom stereocenters. The Morgan fingerprint density at radius 3 is 2.48 bits per heavy atom. The number of rotatable bonds is 7. The van der Waals surface area contributed by atoms with Crippen LogP contribution < -0.4 is 4.74 Å². The van der Waals surface area contributed by atoms with Crippen molar-refractivity contribution in [2.75, 3.05) is 33.9 Å². The van der Waals surface area contributed by atoms with Crippen LogP contribution in [0.5, 0.6) is 5.75 Å². The molecule has 0 N–H and O–H groups in total. The smallest absolute Gasteiger partial charge is 0.264 e. The van der Waals surface area contributed by atoms with Crippen molar-refractivity contribution in [2.24, 2.45) is 0 Å². The maximum atomic E-state index is 15.2. The van der Waals surface area contributed by atoms with E-state index in [0.717, 1.165) is 0 Å². The molecule has 0 aliphatic carbocycles. The fourth-order valence-electron chi connectivity index (χ4n) is 2.92. The van der Waals surface area contributed by atoms with Gasteiger partial charge in [-0.3, -0.25) is 0 Å². The van der Waals surface area contributed by atoms with E-state index < -0.39 is 15.7 Å². The van der Waals surface area contributed by atoms with Crippen LogP contribution in [0.15, 0.2) is 33.7 Å². The normalized spacial score (nSPS) is 17.7. The Morgan fingerprint density at radius 1 is 1.22 bits per heavy atom. The van der Waals surface area contributed by atoms with Crippen molar-refractivity contribution in [1.29, 1.82) is 0 Å². The molecule has 0 unspecified atom stereocenters. The fourth-order valence-corrected chi connectivity index (χ4v) is 4.36. The van der Waals surface area contributed by atoms with Gasteiger partial charge in [0.25, 0.3) is 5.89 Å². The van der Waals surface area contributed by atoms with E-state index in [1.165, 1.54) is 23.5 Å². The number of ether oxygens (including phenoxy) is 2. The summed E-state index contributed by atoms with van der Waals surface area (Å²) in [6.07, 6.45) is 0.330. The van der Waals surface area contributed by atoms with Gasteiger partial charge in [-0.15, -0.1) is 0 Å². The first-order valence-electron chi connectivity index (χ1n) is 8.54. The van der Waals surface area contributed by atoms with Gasteiger partial charge in [-0.1, -0.05) is 5.16 Å². The van der Waals surface area contributed by atoms with Gasteiger partial charge in [-0.25, -0.2) is 12.8 Å². The van der Waals surface area contributed by atoms with Gasteiger partial charge in [0.1, 0.15) is 5.75 Å². The zero-order valence-corrected chi connectivity index (χ0v) is 16.0. The van der Waals surface area contributed by atoms with Crippen molar-refractivity contribution >= 4 is 10.0 Å². The summed E-state index contributed by atoms with van der Waals surface area (Å²) in [5, 5.41) is 3.76. The molecule has 27 heavy (non-hydrogen) atoms. The number of hydrogen-bond donors (Lipinski definition) is 0. The van der Waals surface area contributed by atoms with Crippen LogP contribution >= 0.6 is 0 Å². The lowest BCUT2D eigenvalue weighted by molar-refractivity contribution is 0.0511. The van der Waals surface area contributed by atoms with Gasteiger partial charge in [0, 0.05) is 39.5 Å². The lowest BCUT2D eigenvalue weighted by atomic mass is 9.94. The fraction of sp³-hybridized carbons (Fsp3) is 0.529. The largest absolute Gasteiger partial charge is 0.497 e. The maximum absolute atomic E-state index is 15.2. The summed E-state index contributed by atoms with van der Waals surface area (Å²) in [5.41, 5.74) is -1.83. The quantitative estimate of drug-likeness (QED) is 0.702. The van der Waals surface area contributed by atoms with Crippen molar-refractivity contribution in [3.63, 3.8) is 0 Å². The van der Waals surface area contributed by atoms with E-state index in [0.29, 0.717) is 24.6 Å². The van der Waals surface area contributed by atoms with Crippen molar-refractivity contribution in [3.05, 3.63) is 36.0 Å². The van der Waals surface area contributed by atoms with Crippen LogP contribution in [0.4, 0.5) is 4.39 Å². The molecule has 1 saturated heterocycles. The van der Waals surface area contributed by atoms with Gasteiger partial charge in [-0.2, -0.15) is 9.29 Å². The van der Waals surface area contributed by atoms with Crippen molar-refractivity contribution in [2.45, 2.75) is 29.8 Å². The second-order valence-electron chi connectivity index (χ2n) is 6.30. The average molecular weight is 399 g/mol. The molecule has 0 saturated carbocycles. The number of halogens is 1. The van der Waals surface area contributed by atoms with Crippen LogP contribution in [0.1, 0.15) is 24.6 Å². The Labute approximate surface area is 157 Å². The Bertz CT molecular complexity index is 861. The summed E-state index contributed by atoms with van der Waals surface area (Å²) in [6.45, 7) is 0.466. The third kappa shape index (κ3) is 4.12. The zero-order valence-electron chi connectivity index (χ0n) is 15.2. The van der Waals surface area contributed by atoms with Gasteiger partial charge in [0.15, 0.2) is 11.5 Å². The Kier molecular flexibility index (Phi) is 5.78.